The molecule has 0 unspecified atom stereocenters. The number of amides is 1. The fourth-order valence-electron chi connectivity index (χ4n) is 1.90. The van der Waals surface area contributed by atoms with E-state index in [1.807, 2.05) is 6.92 Å². The largest absolute Gasteiger partial charge is 0.378 e. The molecule has 1 atom stereocenters. The van der Waals surface area contributed by atoms with E-state index in [2.05, 4.69) is 5.16 Å². The van der Waals surface area contributed by atoms with E-state index in [4.69, 9.17) is 16.1 Å². The first-order chi connectivity index (χ1) is 10.0. The highest BCUT2D eigenvalue weighted by atomic mass is 35.5. The molecule has 0 bridgehead atoms. The summed E-state index contributed by atoms with van der Waals surface area (Å²) in [6.07, 6.45) is -0.449. The first-order valence-corrected chi connectivity index (χ1v) is 7.02. The second kappa shape index (κ2) is 6.74. The molecule has 0 saturated heterocycles. The summed E-state index contributed by atoms with van der Waals surface area (Å²) in [4.78, 5) is 13.6. The zero-order valence-corrected chi connectivity index (χ0v) is 12.7. The predicted octanol–water partition coefficient (Wildman–Crippen LogP) is 2.58. The molecule has 1 heterocycles. The molecule has 1 aromatic heterocycles. The van der Waals surface area contributed by atoms with Crippen LogP contribution in [0, 0.1) is 0 Å². The van der Waals surface area contributed by atoms with Crippen LogP contribution in [0.4, 0.5) is 0 Å². The Hall–Kier alpha value is -1.85. The van der Waals surface area contributed by atoms with E-state index in [1.54, 1.807) is 37.4 Å². The van der Waals surface area contributed by atoms with Gasteiger partial charge in [0.25, 0.3) is 5.91 Å². The maximum absolute atomic E-state index is 12.2. The Labute approximate surface area is 128 Å². The molecule has 0 radical (unpaired) electrons. The minimum Gasteiger partial charge on any atom is -0.378 e. The van der Waals surface area contributed by atoms with Crippen molar-refractivity contribution in [1.82, 2.24) is 10.1 Å². The molecule has 1 aromatic carbocycles. The van der Waals surface area contributed by atoms with Gasteiger partial charge in [-0.15, -0.1) is 0 Å². The van der Waals surface area contributed by atoms with Gasteiger partial charge in [-0.25, -0.2) is 0 Å². The zero-order chi connectivity index (χ0) is 15.4. The highest BCUT2D eigenvalue weighted by molar-refractivity contribution is 6.30. The quantitative estimate of drug-likeness (QED) is 0.922. The van der Waals surface area contributed by atoms with Crippen LogP contribution in [0.5, 0.6) is 0 Å². The maximum atomic E-state index is 12.2. The van der Waals surface area contributed by atoms with Gasteiger partial charge in [0.05, 0.1) is 12.2 Å². The normalized spacial score (nSPS) is 12.2. The molecular formula is C15H17ClN2O3. The monoisotopic (exact) mass is 308 g/mol. The molecule has 2 aromatic rings. The number of benzene rings is 1. The number of aliphatic hydroxyl groups excluding tert-OH is 1. The molecule has 1 amide bonds. The van der Waals surface area contributed by atoms with Gasteiger partial charge in [-0.3, -0.25) is 4.79 Å². The number of nitrogens with zero attached hydrogens (tertiary/aromatic N) is 2. The average Bonchev–Trinajstić information content (AvgIpc) is 2.94. The molecule has 5 nitrogen and oxygen atoms in total. The molecule has 0 aliphatic heterocycles. The summed E-state index contributed by atoms with van der Waals surface area (Å²) < 4.78 is 5.13. The fraction of sp³-hybridized carbons (Fsp3) is 0.333. The Morgan fingerprint density at radius 2 is 2.10 bits per heavy atom. The van der Waals surface area contributed by atoms with Gasteiger partial charge in [0, 0.05) is 18.1 Å². The molecule has 0 spiro atoms. The molecule has 112 valence electrons. The SMILES string of the molecule is CCc1cc(CN(C)C(=O)[C@@H](O)c2ccc(Cl)cc2)on1. The Morgan fingerprint density at radius 1 is 1.43 bits per heavy atom. The number of carbonyl (C=O) groups is 1. The van der Waals surface area contributed by atoms with E-state index >= 15 is 0 Å². The third kappa shape index (κ3) is 3.83. The first kappa shape index (κ1) is 15.5. The molecule has 21 heavy (non-hydrogen) atoms. The van der Waals surface area contributed by atoms with Crippen molar-refractivity contribution in [3.05, 3.63) is 52.4 Å². The summed E-state index contributed by atoms with van der Waals surface area (Å²) in [6.45, 7) is 2.23. The van der Waals surface area contributed by atoms with Gasteiger partial charge < -0.3 is 14.5 Å². The first-order valence-electron chi connectivity index (χ1n) is 6.64. The Bertz CT molecular complexity index is 610. The number of rotatable bonds is 5. The summed E-state index contributed by atoms with van der Waals surface area (Å²) in [7, 11) is 1.61. The molecule has 6 heteroatoms. The minimum absolute atomic E-state index is 0.260. The van der Waals surface area contributed by atoms with Crippen LogP contribution in [0.15, 0.2) is 34.9 Å². The van der Waals surface area contributed by atoms with Gasteiger partial charge in [0.1, 0.15) is 0 Å². The maximum Gasteiger partial charge on any atom is 0.256 e. The Balaban J connectivity index is 2.02. The van der Waals surface area contributed by atoms with Crippen LogP contribution >= 0.6 is 11.6 Å². The van der Waals surface area contributed by atoms with Gasteiger partial charge in [0.2, 0.25) is 0 Å². The van der Waals surface area contributed by atoms with E-state index in [9.17, 15) is 9.90 Å². The van der Waals surface area contributed by atoms with Crippen molar-refractivity contribution in [2.24, 2.45) is 0 Å². The minimum atomic E-state index is -1.22. The van der Waals surface area contributed by atoms with Crippen molar-refractivity contribution in [3.8, 4) is 0 Å². The van der Waals surface area contributed by atoms with Crippen LogP contribution < -0.4 is 0 Å². The number of halogens is 1. The van der Waals surface area contributed by atoms with Crippen LogP contribution in [0.25, 0.3) is 0 Å². The smallest absolute Gasteiger partial charge is 0.256 e. The second-order valence-corrected chi connectivity index (χ2v) is 5.22. The Kier molecular flexibility index (Phi) is 4.98. The van der Waals surface area contributed by atoms with Crippen molar-refractivity contribution in [3.63, 3.8) is 0 Å². The predicted molar refractivity (Wildman–Crippen MR) is 78.8 cm³/mol. The molecule has 0 saturated carbocycles. The van der Waals surface area contributed by atoms with Crippen LogP contribution in [0.1, 0.15) is 30.0 Å². The van der Waals surface area contributed by atoms with Crippen LogP contribution in [0.3, 0.4) is 0 Å². The lowest BCUT2D eigenvalue weighted by atomic mass is 10.1. The van der Waals surface area contributed by atoms with Crippen LogP contribution in [-0.4, -0.2) is 28.1 Å². The topological polar surface area (TPSA) is 66.6 Å². The summed E-state index contributed by atoms with van der Waals surface area (Å²) in [6, 6.07) is 8.33. The van der Waals surface area contributed by atoms with Gasteiger partial charge >= 0.3 is 0 Å². The highest BCUT2D eigenvalue weighted by Gasteiger charge is 2.22. The van der Waals surface area contributed by atoms with Crippen LogP contribution in [-0.2, 0) is 17.8 Å². The van der Waals surface area contributed by atoms with E-state index in [1.165, 1.54) is 4.90 Å². The number of aromatic nitrogens is 1. The number of hydrogen-bond donors (Lipinski definition) is 1. The van der Waals surface area contributed by atoms with Crippen molar-refractivity contribution in [2.75, 3.05) is 7.05 Å². The van der Waals surface area contributed by atoms with Gasteiger partial charge in [0.15, 0.2) is 11.9 Å². The average molecular weight is 309 g/mol. The molecular weight excluding hydrogens is 292 g/mol. The third-order valence-electron chi connectivity index (χ3n) is 3.16. The van der Waals surface area contributed by atoms with Crippen LogP contribution in [0.2, 0.25) is 5.02 Å². The summed E-state index contributed by atoms with van der Waals surface area (Å²) in [5.74, 6) is 0.178. The zero-order valence-electron chi connectivity index (χ0n) is 11.9. The van der Waals surface area contributed by atoms with Gasteiger partial charge in [-0.2, -0.15) is 0 Å². The number of likely N-dealkylation sites (N-methyl/N-ethyl adjacent to an activating group) is 1. The molecule has 0 aliphatic carbocycles. The number of aryl methyl sites for hydroxylation is 1. The fourth-order valence-corrected chi connectivity index (χ4v) is 2.03. The number of hydrogen-bond acceptors (Lipinski definition) is 4. The van der Waals surface area contributed by atoms with Crippen molar-refractivity contribution in [1.29, 1.82) is 0 Å². The highest BCUT2D eigenvalue weighted by Crippen LogP contribution is 2.19. The molecule has 2 rings (SSSR count). The molecule has 0 fully saturated rings. The van der Waals surface area contributed by atoms with Gasteiger partial charge in [-0.1, -0.05) is 35.8 Å². The number of carbonyl (C=O) groups excluding carboxylic acids is 1. The van der Waals surface area contributed by atoms with E-state index in [-0.39, 0.29) is 6.54 Å². The standard InChI is InChI=1S/C15H17ClN2O3/c1-3-12-8-13(21-17-12)9-18(2)15(20)14(19)10-4-6-11(16)7-5-10/h4-8,14,19H,3,9H2,1-2H3/t14-/m0/s1. The third-order valence-corrected chi connectivity index (χ3v) is 3.41. The van der Waals surface area contributed by atoms with Crippen molar-refractivity contribution < 1.29 is 14.4 Å². The van der Waals surface area contributed by atoms with Crippen molar-refractivity contribution >= 4 is 17.5 Å². The van der Waals surface area contributed by atoms with E-state index < -0.39 is 12.0 Å². The summed E-state index contributed by atoms with van der Waals surface area (Å²) >= 11 is 5.79. The second-order valence-electron chi connectivity index (χ2n) is 4.79. The van der Waals surface area contributed by atoms with Gasteiger partial charge in [-0.05, 0) is 24.1 Å². The lowest BCUT2D eigenvalue weighted by Gasteiger charge is -2.19. The molecule has 0 aliphatic rings. The Morgan fingerprint density at radius 3 is 2.67 bits per heavy atom. The summed E-state index contributed by atoms with van der Waals surface area (Å²) in [5.41, 5.74) is 1.34. The van der Waals surface area contributed by atoms with E-state index in [0.29, 0.717) is 16.3 Å². The molecule has 1 N–H and O–H groups in total. The van der Waals surface area contributed by atoms with E-state index in [0.717, 1.165) is 12.1 Å². The lowest BCUT2D eigenvalue weighted by Crippen LogP contribution is -2.31. The number of aliphatic hydroxyl groups is 1. The lowest BCUT2D eigenvalue weighted by molar-refractivity contribution is -0.140. The summed E-state index contributed by atoms with van der Waals surface area (Å²) in [5, 5.41) is 14.5. The van der Waals surface area contributed by atoms with Crippen molar-refractivity contribution in [2.45, 2.75) is 26.0 Å².